The largest absolute Gasteiger partial charge is 0.304 e. The van der Waals surface area contributed by atoms with Crippen LogP contribution in [-0.4, -0.2) is 4.98 Å². The average molecular weight is 282 g/mol. The molecule has 0 bridgehead atoms. The van der Waals surface area contributed by atoms with Crippen molar-refractivity contribution in [2.24, 2.45) is 0 Å². The van der Waals surface area contributed by atoms with Crippen molar-refractivity contribution in [1.82, 2.24) is 10.3 Å². The highest BCUT2D eigenvalue weighted by molar-refractivity contribution is 7.09. The number of thiazole rings is 1. The van der Waals surface area contributed by atoms with Crippen LogP contribution < -0.4 is 5.32 Å². The summed E-state index contributed by atoms with van der Waals surface area (Å²) in [5, 5.41) is 6.41. The minimum absolute atomic E-state index is 0.0655. The molecular formula is C14H16F2N2S. The van der Waals surface area contributed by atoms with Crippen molar-refractivity contribution in [2.45, 2.75) is 32.4 Å². The van der Waals surface area contributed by atoms with Crippen LogP contribution in [0.1, 0.15) is 41.9 Å². The Morgan fingerprint density at radius 1 is 1.26 bits per heavy atom. The highest BCUT2D eigenvalue weighted by atomic mass is 32.1. The van der Waals surface area contributed by atoms with Crippen molar-refractivity contribution in [3.05, 3.63) is 52.0 Å². The summed E-state index contributed by atoms with van der Waals surface area (Å²) < 4.78 is 24.9. The second kappa shape index (κ2) is 6.73. The van der Waals surface area contributed by atoms with Gasteiger partial charge in [-0.3, -0.25) is 0 Å². The molecule has 0 aliphatic carbocycles. The minimum atomic E-state index is -2.40. The molecule has 0 spiro atoms. The molecule has 2 nitrogen and oxygen atoms in total. The zero-order valence-electron chi connectivity index (χ0n) is 10.6. The predicted octanol–water partition coefficient (Wildman–Crippen LogP) is 4.32. The van der Waals surface area contributed by atoms with Crippen LogP contribution in [0.2, 0.25) is 0 Å². The van der Waals surface area contributed by atoms with E-state index in [9.17, 15) is 8.78 Å². The molecule has 1 heterocycles. The molecule has 0 amide bonds. The van der Waals surface area contributed by atoms with E-state index in [1.807, 2.05) is 5.38 Å². The highest BCUT2D eigenvalue weighted by Crippen LogP contribution is 2.21. The van der Waals surface area contributed by atoms with Crippen LogP contribution in [0.3, 0.4) is 0 Å². The molecule has 1 atom stereocenters. The number of hydrogen-bond acceptors (Lipinski definition) is 3. The van der Waals surface area contributed by atoms with E-state index < -0.39 is 6.43 Å². The second-order valence-electron chi connectivity index (χ2n) is 4.25. The van der Waals surface area contributed by atoms with E-state index in [1.165, 1.54) is 12.1 Å². The zero-order chi connectivity index (χ0) is 13.7. The Kier molecular flexibility index (Phi) is 4.99. The van der Waals surface area contributed by atoms with Gasteiger partial charge < -0.3 is 5.32 Å². The Morgan fingerprint density at radius 3 is 2.53 bits per heavy atom. The van der Waals surface area contributed by atoms with Gasteiger partial charge in [0, 0.05) is 23.7 Å². The molecule has 2 aromatic rings. The first-order valence-electron chi connectivity index (χ1n) is 6.20. The van der Waals surface area contributed by atoms with Crippen molar-refractivity contribution in [3.8, 4) is 0 Å². The lowest BCUT2D eigenvalue weighted by Crippen LogP contribution is -2.20. The maximum atomic E-state index is 12.4. The molecule has 1 N–H and O–H groups in total. The summed E-state index contributed by atoms with van der Waals surface area (Å²) >= 11 is 1.62. The van der Waals surface area contributed by atoms with Gasteiger partial charge in [0.25, 0.3) is 6.43 Å². The highest BCUT2D eigenvalue weighted by Gasteiger charge is 2.11. The van der Waals surface area contributed by atoms with Crippen molar-refractivity contribution in [2.75, 3.05) is 0 Å². The molecule has 1 aromatic carbocycles. The van der Waals surface area contributed by atoms with Crippen molar-refractivity contribution in [3.63, 3.8) is 0 Å². The predicted molar refractivity (Wildman–Crippen MR) is 73.4 cm³/mol. The topological polar surface area (TPSA) is 24.9 Å². The van der Waals surface area contributed by atoms with E-state index in [2.05, 4.69) is 17.2 Å². The molecule has 0 saturated heterocycles. The first-order chi connectivity index (χ1) is 9.20. The molecule has 2 rings (SSSR count). The second-order valence-corrected chi connectivity index (χ2v) is 5.18. The number of nitrogens with one attached hydrogen (secondary N) is 1. The first kappa shape index (κ1) is 14.1. The molecule has 0 radical (unpaired) electrons. The van der Waals surface area contributed by atoms with Gasteiger partial charge >= 0.3 is 0 Å². The average Bonchev–Trinajstić information content (AvgIpc) is 2.94. The Morgan fingerprint density at radius 2 is 2.00 bits per heavy atom. The molecule has 0 aliphatic rings. The van der Waals surface area contributed by atoms with Crippen LogP contribution >= 0.6 is 11.3 Å². The summed E-state index contributed by atoms with van der Waals surface area (Å²) in [6, 6.07) is 6.65. The zero-order valence-corrected chi connectivity index (χ0v) is 11.5. The van der Waals surface area contributed by atoms with Crippen LogP contribution in [-0.2, 0) is 6.54 Å². The van der Waals surface area contributed by atoms with E-state index in [1.54, 1.807) is 29.7 Å². The number of halogens is 2. The van der Waals surface area contributed by atoms with E-state index >= 15 is 0 Å². The third kappa shape index (κ3) is 3.81. The standard InChI is InChI=1S/C14H16F2N2S/c1-2-12(14-17-7-8-19-14)18-9-10-3-5-11(6-4-10)13(15)16/h3-8,12-13,18H,2,9H2,1H3. The fourth-order valence-electron chi connectivity index (χ4n) is 1.83. The van der Waals surface area contributed by atoms with Gasteiger partial charge in [0.2, 0.25) is 0 Å². The molecule has 102 valence electrons. The van der Waals surface area contributed by atoms with Gasteiger partial charge in [0.1, 0.15) is 5.01 Å². The molecule has 0 aliphatic heterocycles. The summed E-state index contributed by atoms with van der Waals surface area (Å²) in [6.07, 6.45) is 0.338. The normalized spacial score (nSPS) is 12.8. The monoisotopic (exact) mass is 282 g/mol. The Balaban J connectivity index is 1.94. The van der Waals surface area contributed by atoms with Crippen LogP contribution in [0.4, 0.5) is 8.78 Å². The molecule has 1 aromatic heterocycles. The Bertz CT molecular complexity index is 483. The molecule has 19 heavy (non-hydrogen) atoms. The number of alkyl halides is 2. The van der Waals surface area contributed by atoms with E-state index in [0.29, 0.717) is 6.54 Å². The quantitative estimate of drug-likeness (QED) is 0.853. The maximum Gasteiger partial charge on any atom is 0.263 e. The van der Waals surface area contributed by atoms with Gasteiger partial charge in [-0.05, 0) is 12.0 Å². The summed E-state index contributed by atoms with van der Waals surface area (Å²) in [4.78, 5) is 4.29. The van der Waals surface area contributed by atoms with Crippen molar-refractivity contribution in [1.29, 1.82) is 0 Å². The van der Waals surface area contributed by atoms with E-state index in [4.69, 9.17) is 0 Å². The van der Waals surface area contributed by atoms with Gasteiger partial charge in [-0.15, -0.1) is 11.3 Å². The lowest BCUT2D eigenvalue weighted by atomic mass is 10.1. The smallest absolute Gasteiger partial charge is 0.263 e. The molecule has 1 unspecified atom stereocenters. The molecular weight excluding hydrogens is 266 g/mol. The number of nitrogens with zero attached hydrogens (tertiary/aromatic N) is 1. The first-order valence-corrected chi connectivity index (χ1v) is 7.08. The van der Waals surface area contributed by atoms with Gasteiger partial charge in [0.05, 0.1) is 6.04 Å². The van der Waals surface area contributed by atoms with Crippen molar-refractivity contribution >= 4 is 11.3 Å². The summed E-state index contributed by atoms with van der Waals surface area (Å²) in [5.41, 5.74) is 1.06. The van der Waals surface area contributed by atoms with Gasteiger partial charge in [-0.25, -0.2) is 13.8 Å². The Hall–Kier alpha value is -1.33. The third-order valence-corrected chi connectivity index (χ3v) is 3.83. The Labute approximate surface area is 115 Å². The van der Waals surface area contributed by atoms with Gasteiger partial charge in [-0.1, -0.05) is 31.2 Å². The fraction of sp³-hybridized carbons (Fsp3) is 0.357. The van der Waals surface area contributed by atoms with E-state index in [0.717, 1.165) is 17.0 Å². The minimum Gasteiger partial charge on any atom is -0.304 e. The molecule has 5 heteroatoms. The van der Waals surface area contributed by atoms with Gasteiger partial charge in [0.15, 0.2) is 0 Å². The van der Waals surface area contributed by atoms with Crippen molar-refractivity contribution < 1.29 is 8.78 Å². The van der Waals surface area contributed by atoms with Gasteiger partial charge in [-0.2, -0.15) is 0 Å². The number of benzene rings is 1. The van der Waals surface area contributed by atoms with E-state index in [-0.39, 0.29) is 11.6 Å². The van der Waals surface area contributed by atoms with Crippen LogP contribution in [0, 0.1) is 0 Å². The summed E-state index contributed by atoms with van der Waals surface area (Å²) in [5.74, 6) is 0. The van der Waals surface area contributed by atoms with Crippen LogP contribution in [0.15, 0.2) is 35.8 Å². The van der Waals surface area contributed by atoms with Crippen LogP contribution in [0.25, 0.3) is 0 Å². The molecule has 0 saturated carbocycles. The third-order valence-electron chi connectivity index (χ3n) is 2.94. The SMILES string of the molecule is CCC(NCc1ccc(C(F)F)cc1)c1nccs1. The number of rotatable bonds is 6. The summed E-state index contributed by atoms with van der Waals surface area (Å²) in [6.45, 7) is 2.75. The lowest BCUT2D eigenvalue weighted by Gasteiger charge is -2.14. The molecule has 0 fully saturated rings. The van der Waals surface area contributed by atoms with Crippen LogP contribution in [0.5, 0.6) is 0 Å². The fourth-order valence-corrected chi connectivity index (χ4v) is 2.63. The lowest BCUT2D eigenvalue weighted by molar-refractivity contribution is 0.151. The maximum absolute atomic E-state index is 12.4. The number of hydrogen-bond donors (Lipinski definition) is 1. The number of aromatic nitrogens is 1. The summed E-state index contributed by atoms with van der Waals surface area (Å²) in [7, 11) is 0.